The molecule has 0 radical (unpaired) electrons. The van der Waals surface area contributed by atoms with Gasteiger partial charge in [0.15, 0.2) is 0 Å². The third-order valence-corrected chi connectivity index (χ3v) is 5.60. The summed E-state index contributed by atoms with van der Waals surface area (Å²) in [5, 5.41) is 19.0. The van der Waals surface area contributed by atoms with E-state index in [9.17, 15) is 15.2 Å². The minimum Gasteiger partial charge on any atom is -0.396 e. The third-order valence-electron chi connectivity index (χ3n) is 5.60. The maximum Gasteiger partial charge on any atom is 0.241 e. The van der Waals surface area contributed by atoms with E-state index in [2.05, 4.69) is 6.07 Å². The average molecular weight is 277 g/mol. The van der Waals surface area contributed by atoms with E-state index in [0.717, 1.165) is 44.9 Å². The van der Waals surface area contributed by atoms with Gasteiger partial charge in [0.05, 0.1) is 18.7 Å². The first-order valence-electron chi connectivity index (χ1n) is 7.71. The van der Waals surface area contributed by atoms with Crippen molar-refractivity contribution in [2.45, 2.75) is 63.1 Å². The van der Waals surface area contributed by atoms with E-state index in [1.807, 2.05) is 0 Å². The highest BCUT2D eigenvalue weighted by molar-refractivity contribution is 5.84. The number of likely N-dealkylation sites (tertiary alicyclic amines) is 1. The first-order valence-corrected chi connectivity index (χ1v) is 7.71. The van der Waals surface area contributed by atoms with Gasteiger partial charge in [-0.1, -0.05) is 19.3 Å². The Balaban J connectivity index is 1.77. The molecule has 5 nitrogen and oxygen atoms in total. The summed E-state index contributed by atoms with van der Waals surface area (Å²) in [7, 11) is 0. The van der Waals surface area contributed by atoms with Gasteiger partial charge in [-0.25, -0.2) is 0 Å². The number of carbonyl (C=O) groups is 1. The molecular formula is C15H23N3O2. The summed E-state index contributed by atoms with van der Waals surface area (Å²) < 4.78 is 0. The van der Waals surface area contributed by atoms with Crippen LogP contribution in [0.4, 0.5) is 0 Å². The number of amides is 1. The second kappa shape index (κ2) is 5.01. The number of nitriles is 1. The zero-order valence-corrected chi connectivity index (χ0v) is 11.8. The van der Waals surface area contributed by atoms with Crippen molar-refractivity contribution in [2.75, 3.05) is 6.61 Å². The van der Waals surface area contributed by atoms with Crippen LogP contribution in [-0.4, -0.2) is 40.6 Å². The molecule has 3 N–H and O–H groups in total. The van der Waals surface area contributed by atoms with Gasteiger partial charge in [-0.15, -0.1) is 0 Å². The predicted octanol–water partition coefficient (Wildman–Crippen LogP) is 0.769. The lowest BCUT2D eigenvalue weighted by Gasteiger charge is -2.41. The maximum atomic E-state index is 12.8. The van der Waals surface area contributed by atoms with Crippen molar-refractivity contribution in [1.29, 1.82) is 5.26 Å². The van der Waals surface area contributed by atoms with Gasteiger partial charge in [0.1, 0.15) is 6.04 Å². The van der Waals surface area contributed by atoms with Crippen LogP contribution in [0.3, 0.4) is 0 Å². The number of nitrogens with zero attached hydrogens (tertiary/aromatic N) is 2. The average Bonchev–Trinajstić information content (AvgIpc) is 3.17. The van der Waals surface area contributed by atoms with Gasteiger partial charge < -0.3 is 15.7 Å². The molecule has 110 valence electrons. The van der Waals surface area contributed by atoms with Crippen molar-refractivity contribution >= 4 is 5.91 Å². The fourth-order valence-electron chi connectivity index (χ4n) is 4.13. The molecule has 5 heteroatoms. The number of hydrogen-bond acceptors (Lipinski definition) is 4. The first-order chi connectivity index (χ1) is 9.63. The molecule has 2 saturated carbocycles. The predicted molar refractivity (Wildman–Crippen MR) is 73.3 cm³/mol. The van der Waals surface area contributed by atoms with E-state index in [1.54, 1.807) is 4.90 Å². The Morgan fingerprint density at radius 3 is 2.70 bits per heavy atom. The molecule has 4 atom stereocenters. The minimum atomic E-state index is -0.664. The molecule has 2 aliphatic carbocycles. The van der Waals surface area contributed by atoms with Crippen LogP contribution in [0.25, 0.3) is 0 Å². The highest BCUT2D eigenvalue weighted by Crippen LogP contribution is 2.49. The van der Waals surface area contributed by atoms with Crippen molar-refractivity contribution in [3.8, 4) is 6.07 Å². The molecular weight excluding hydrogens is 254 g/mol. The summed E-state index contributed by atoms with van der Waals surface area (Å²) in [6, 6.07) is 1.49. The fourth-order valence-corrected chi connectivity index (χ4v) is 4.13. The maximum absolute atomic E-state index is 12.8. The van der Waals surface area contributed by atoms with Crippen LogP contribution in [0.2, 0.25) is 0 Å². The van der Waals surface area contributed by atoms with Crippen molar-refractivity contribution in [2.24, 2.45) is 17.1 Å². The molecule has 2 unspecified atom stereocenters. The lowest BCUT2D eigenvalue weighted by Crippen LogP contribution is -2.57. The molecule has 0 aromatic heterocycles. The highest BCUT2D eigenvalue weighted by Gasteiger charge is 2.56. The van der Waals surface area contributed by atoms with Crippen molar-refractivity contribution < 1.29 is 9.90 Å². The Labute approximate surface area is 119 Å². The number of aliphatic hydroxyl groups is 1. The lowest BCUT2D eigenvalue weighted by atomic mass is 9.69. The summed E-state index contributed by atoms with van der Waals surface area (Å²) in [4.78, 5) is 14.5. The summed E-state index contributed by atoms with van der Waals surface area (Å²) in [6.07, 6.45) is 6.64. The van der Waals surface area contributed by atoms with Gasteiger partial charge in [-0.05, 0) is 31.6 Å². The van der Waals surface area contributed by atoms with E-state index < -0.39 is 11.5 Å². The molecule has 1 amide bonds. The molecule has 20 heavy (non-hydrogen) atoms. The summed E-state index contributed by atoms with van der Waals surface area (Å²) >= 11 is 0. The van der Waals surface area contributed by atoms with Crippen LogP contribution in [0, 0.1) is 22.7 Å². The number of rotatable bonds is 3. The zero-order chi connectivity index (χ0) is 14.3. The molecule has 1 saturated heterocycles. The van der Waals surface area contributed by atoms with Crippen LogP contribution in [0.5, 0.6) is 0 Å². The minimum absolute atomic E-state index is 0.0287. The van der Waals surface area contributed by atoms with Gasteiger partial charge in [-0.2, -0.15) is 5.26 Å². The molecule has 0 aromatic carbocycles. The van der Waals surface area contributed by atoms with Gasteiger partial charge in [0.25, 0.3) is 0 Å². The summed E-state index contributed by atoms with van der Waals surface area (Å²) in [5.41, 5.74) is 5.78. The third kappa shape index (κ3) is 2.02. The quantitative estimate of drug-likeness (QED) is 0.797. The Morgan fingerprint density at radius 1 is 1.40 bits per heavy atom. The monoisotopic (exact) mass is 277 g/mol. The lowest BCUT2D eigenvalue weighted by molar-refractivity contribution is -0.138. The normalized spacial score (nSPS) is 36.0. The van der Waals surface area contributed by atoms with E-state index in [0.29, 0.717) is 5.92 Å². The number of hydrogen-bond donors (Lipinski definition) is 2. The van der Waals surface area contributed by atoms with E-state index in [-0.39, 0.29) is 24.6 Å². The molecule has 0 bridgehead atoms. The van der Waals surface area contributed by atoms with Gasteiger partial charge in [-0.3, -0.25) is 4.79 Å². The molecule has 0 spiro atoms. The number of piperidine rings is 1. The topological polar surface area (TPSA) is 90.4 Å². The Morgan fingerprint density at radius 2 is 2.10 bits per heavy atom. The molecule has 1 heterocycles. The van der Waals surface area contributed by atoms with Crippen molar-refractivity contribution in [3.63, 3.8) is 0 Å². The summed E-state index contributed by atoms with van der Waals surface area (Å²) in [5.74, 6) is 0.393. The second-order valence-electron chi connectivity index (χ2n) is 6.75. The molecule has 0 aromatic rings. The molecule has 1 aliphatic heterocycles. The van der Waals surface area contributed by atoms with Gasteiger partial charge >= 0.3 is 0 Å². The smallest absolute Gasteiger partial charge is 0.241 e. The van der Waals surface area contributed by atoms with Gasteiger partial charge in [0.2, 0.25) is 5.91 Å². The van der Waals surface area contributed by atoms with Crippen LogP contribution in [0.15, 0.2) is 0 Å². The van der Waals surface area contributed by atoms with Crippen LogP contribution >= 0.6 is 0 Å². The van der Waals surface area contributed by atoms with Crippen LogP contribution in [0.1, 0.15) is 44.9 Å². The SMILES string of the molecule is N#CC1C[C@@H]2C[C@@H]2N1C(=O)C(N)C1(CO)CCCCC1. The molecule has 3 fully saturated rings. The van der Waals surface area contributed by atoms with Crippen molar-refractivity contribution in [1.82, 2.24) is 4.90 Å². The Kier molecular flexibility index (Phi) is 3.47. The Hall–Kier alpha value is -1.12. The first kappa shape index (κ1) is 13.8. The number of aliphatic hydroxyl groups excluding tert-OH is 1. The number of nitrogens with two attached hydrogens (primary N) is 1. The highest BCUT2D eigenvalue weighted by atomic mass is 16.3. The fraction of sp³-hybridized carbons (Fsp3) is 0.867. The summed E-state index contributed by atoms with van der Waals surface area (Å²) in [6.45, 7) is -0.0287. The number of fused-ring (bicyclic) bond motifs is 1. The zero-order valence-electron chi connectivity index (χ0n) is 11.8. The van der Waals surface area contributed by atoms with Crippen LogP contribution in [-0.2, 0) is 4.79 Å². The molecule has 3 rings (SSSR count). The molecule has 3 aliphatic rings. The largest absolute Gasteiger partial charge is 0.396 e. The standard InChI is InChI=1S/C15H23N3O2/c16-8-11-6-10-7-12(10)18(11)14(20)13(17)15(9-19)4-2-1-3-5-15/h10-13,19H,1-7,9,17H2/t10-,11?,12+,13?/m1/s1. The van der Waals surface area contributed by atoms with E-state index in [4.69, 9.17) is 5.73 Å². The van der Waals surface area contributed by atoms with E-state index in [1.165, 1.54) is 0 Å². The van der Waals surface area contributed by atoms with Crippen LogP contribution < -0.4 is 5.73 Å². The second-order valence-corrected chi connectivity index (χ2v) is 6.75. The van der Waals surface area contributed by atoms with Crippen molar-refractivity contribution in [3.05, 3.63) is 0 Å². The van der Waals surface area contributed by atoms with E-state index >= 15 is 0 Å². The Bertz CT molecular complexity index is 439. The van der Waals surface area contributed by atoms with Gasteiger partial charge in [0, 0.05) is 11.5 Å². The number of carbonyl (C=O) groups excluding carboxylic acids is 1.